The second kappa shape index (κ2) is 12.8. The molecule has 4 aliphatic rings. The summed E-state index contributed by atoms with van der Waals surface area (Å²) in [5.74, 6) is -2.76. The van der Waals surface area contributed by atoms with Gasteiger partial charge in [-0.2, -0.15) is 17.5 Å². The number of fused-ring (bicyclic) bond motifs is 2. The molecule has 18 heteroatoms. The molecule has 47 heavy (non-hydrogen) atoms. The van der Waals surface area contributed by atoms with E-state index in [9.17, 15) is 36.0 Å². The first-order valence-electron chi connectivity index (χ1n) is 14.8. The molecule has 4 aliphatic heterocycles. The Morgan fingerprint density at radius 3 is 2.40 bits per heavy atom. The van der Waals surface area contributed by atoms with Crippen molar-refractivity contribution in [1.29, 1.82) is 0 Å². The summed E-state index contributed by atoms with van der Waals surface area (Å²) < 4.78 is 80.3. The Kier molecular flexibility index (Phi) is 9.03. The number of carbonyl (C=O) groups excluding carboxylic acids is 3. The lowest BCUT2D eigenvalue weighted by atomic mass is 10.0. The lowest BCUT2D eigenvalue weighted by molar-refractivity contribution is -0.177. The molecule has 3 atom stereocenters. The monoisotopic (exact) mass is 700 g/mol. The minimum Gasteiger partial charge on any atom is -0.454 e. The molecule has 3 fully saturated rings. The van der Waals surface area contributed by atoms with Crippen LogP contribution >= 0.6 is 11.6 Å². The topological polar surface area (TPSA) is 132 Å². The standard InChI is InChI=1S/C29H32ClF3N6O7S/c1-35-8-10-36(11-9-35)21-15-38(47(43,44)24-5-3-2-4-19(24)30)25-16-37(14-18-6-7-22-23(12-18)46-17-45-22)26(40)20(39(25)27(21)41)13-34-28(42)29(31,32)33/h2-7,12,20-21,25H,8-11,13-17H2,1H3,(H,34,42)/t20-,21+,25?/m0/s1. The van der Waals surface area contributed by atoms with Gasteiger partial charge in [-0.3, -0.25) is 19.3 Å². The third-order valence-corrected chi connectivity index (χ3v) is 11.2. The van der Waals surface area contributed by atoms with E-state index in [-0.39, 0.29) is 36.3 Å². The van der Waals surface area contributed by atoms with Gasteiger partial charge in [-0.15, -0.1) is 0 Å². The molecule has 0 saturated carbocycles. The van der Waals surface area contributed by atoms with Crippen molar-refractivity contribution in [2.24, 2.45) is 0 Å². The van der Waals surface area contributed by atoms with Gasteiger partial charge in [0.25, 0.3) is 0 Å². The third kappa shape index (κ3) is 6.46. The Bertz CT molecular complexity index is 1670. The maximum Gasteiger partial charge on any atom is 0.471 e. The van der Waals surface area contributed by atoms with E-state index < -0.39 is 58.7 Å². The SMILES string of the molecule is CN1CCN([C@@H]2CN(S(=O)(=O)c3ccccc3Cl)C3CN(Cc4ccc5c(c4)OCO5)C(=O)[C@H](CNC(=O)C(F)(F)F)N3C2=O)CC1. The highest BCUT2D eigenvalue weighted by Crippen LogP contribution is 2.36. The number of hydrogen-bond acceptors (Lipinski definition) is 9. The number of nitrogens with zero attached hydrogens (tertiary/aromatic N) is 5. The van der Waals surface area contributed by atoms with Gasteiger partial charge in [0.15, 0.2) is 11.5 Å². The van der Waals surface area contributed by atoms with E-state index in [2.05, 4.69) is 0 Å². The Morgan fingerprint density at radius 2 is 1.70 bits per heavy atom. The average Bonchev–Trinajstić information content (AvgIpc) is 3.49. The van der Waals surface area contributed by atoms with Crippen LogP contribution in [0.15, 0.2) is 47.4 Å². The number of piperazine rings is 2. The number of benzene rings is 2. The average molecular weight is 701 g/mol. The van der Waals surface area contributed by atoms with Crippen LogP contribution in [0.4, 0.5) is 13.2 Å². The number of rotatable bonds is 7. The van der Waals surface area contributed by atoms with Crippen LogP contribution in [-0.4, -0.2) is 134 Å². The largest absolute Gasteiger partial charge is 0.471 e. The molecule has 2 aromatic carbocycles. The van der Waals surface area contributed by atoms with Crippen LogP contribution in [0.25, 0.3) is 0 Å². The fourth-order valence-corrected chi connectivity index (χ4v) is 8.38. The predicted octanol–water partition coefficient (Wildman–Crippen LogP) is 0.933. The van der Waals surface area contributed by atoms with E-state index in [0.29, 0.717) is 43.2 Å². The molecule has 0 bridgehead atoms. The summed E-state index contributed by atoms with van der Waals surface area (Å²) in [5, 5.41) is 1.67. The van der Waals surface area contributed by atoms with Crippen molar-refractivity contribution in [2.75, 3.05) is 59.7 Å². The van der Waals surface area contributed by atoms with Gasteiger partial charge >= 0.3 is 12.1 Å². The van der Waals surface area contributed by atoms with Gasteiger partial charge in [-0.25, -0.2) is 8.42 Å². The zero-order valence-electron chi connectivity index (χ0n) is 25.2. The summed E-state index contributed by atoms with van der Waals surface area (Å²) in [7, 11) is -2.54. The molecule has 1 N–H and O–H groups in total. The lowest BCUT2D eigenvalue weighted by Crippen LogP contribution is -2.77. The molecule has 2 aromatic rings. The van der Waals surface area contributed by atoms with Crippen LogP contribution < -0.4 is 14.8 Å². The number of sulfonamides is 1. The lowest BCUT2D eigenvalue weighted by Gasteiger charge is -2.55. The first-order chi connectivity index (χ1) is 22.3. The second-order valence-corrected chi connectivity index (χ2v) is 14.0. The van der Waals surface area contributed by atoms with Crippen LogP contribution in [0, 0.1) is 0 Å². The minimum absolute atomic E-state index is 0.00485. The number of ether oxygens (including phenoxy) is 2. The van der Waals surface area contributed by atoms with Crippen LogP contribution in [0.2, 0.25) is 5.02 Å². The first-order valence-corrected chi connectivity index (χ1v) is 16.6. The normalized spacial score (nSPS) is 24.4. The summed E-state index contributed by atoms with van der Waals surface area (Å²) in [6, 6.07) is 8.03. The van der Waals surface area contributed by atoms with E-state index in [1.165, 1.54) is 23.1 Å². The van der Waals surface area contributed by atoms with E-state index in [1.54, 1.807) is 29.6 Å². The Labute approximate surface area is 273 Å². The molecular weight excluding hydrogens is 669 g/mol. The van der Waals surface area contributed by atoms with Crippen molar-refractivity contribution in [1.82, 2.24) is 29.2 Å². The fraction of sp³-hybridized carbons (Fsp3) is 0.483. The third-order valence-electron chi connectivity index (χ3n) is 8.79. The van der Waals surface area contributed by atoms with Gasteiger partial charge in [0.05, 0.1) is 11.6 Å². The maximum absolute atomic E-state index is 14.4. The van der Waals surface area contributed by atoms with Crippen molar-refractivity contribution in [3.8, 4) is 11.5 Å². The van der Waals surface area contributed by atoms with Gasteiger partial charge in [0, 0.05) is 45.8 Å². The number of amides is 3. The second-order valence-electron chi connectivity index (χ2n) is 11.7. The van der Waals surface area contributed by atoms with Crippen LogP contribution in [0.3, 0.4) is 0 Å². The van der Waals surface area contributed by atoms with Gasteiger partial charge in [-0.05, 0) is 36.9 Å². The predicted molar refractivity (Wildman–Crippen MR) is 160 cm³/mol. The number of nitrogens with one attached hydrogen (secondary N) is 1. The molecule has 254 valence electrons. The highest BCUT2D eigenvalue weighted by molar-refractivity contribution is 7.89. The highest BCUT2D eigenvalue weighted by atomic mass is 35.5. The number of carbonyl (C=O) groups is 3. The first kappa shape index (κ1) is 33.3. The van der Waals surface area contributed by atoms with E-state index in [0.717, 1.165) is 9.21 Å². The van der Waals surface area contributed by atoms with E-state index >= 15 is 0 Å². The van der Waals surface area contributed by atoms with Crippen LogP contribution in [-0.2, 0) is 31.0 Å². The number of halogens is 4. The molecule has 13 nitrogen and oxygen atoms in total. The Balaban J connectivity index is 1.41. The molecule has 0 radical (unpaired) electrons. The summed E-state index contributed by atoms with van der Waals surface area (Å²) >= 11 is 6.35. The smallest absolute Gasteiger partial charge is 0.454 e. The quantitative estimate of drug-likeness (QED) is 0.448. The van der Waals surface area contributed by atoms with Gasteiger partial charge in [0.2, 0.25) is 28.6 Å². The minimum atomic E-state index is -5.25. The van der Waals surface area contributed by atoms with Gasteiger partial charge in [0.1, 0.15) is 23.1 Å². The molecule has 0 aliphatic carbocycles. The summed E-state index contributed by atoms with van der Waals surface area (Å²) in [6.07, 6.45) is -6.58. The van der Waals surface area contributed by atoms with Gasteiger partial charge < -0.3 is 29.5 Å². The summed E-state index contributed by atoms with van der Waals surface area (Å²) in [5.41, 5.74) is 0.562. The van der Waals surface area contributed by atoms with Gasteiger partial charge in [-0.1, -0.05) is 29.8 Å². The Morgan fingerprint density at radius 1 is 1.00 bits per heavy atom. The number of hydrogen-bond donors (Lipinski definition) is 1. The molecule has 1 unspecified atom stereocenters. The number of alkyl halides is 3. The molecule has 6 rings (SSSR count). The highest BCUT2D eigenvalue weighted by Gasteiger charge is 2.55. The number of likely N-dealkylation sites (N-methyl/N-ethyl adjacent to an activating group) is 1. The molecule has 0 spiro atoms. The Hall–Kier alpha value is -3.64. The van der Waals surface area contributed by atoms with Crippen molar-refractivity contribution in [2.45, 2.75) is 35.9 Å². The van der Waals surface area contributed by atoms with Crippen LogP contribution in [0.1, 0.15) is 5.56 Å². The van der Waals surface area contributed by atoms with E-state index in [4.69, 9.17) is 21.1 Å². The van der Waals surface area contributed by atoms with Crippen molar-refractivity contribution < 1.29 is 45.4 Å². The summed E-state index contributed by atoms with van der Waals surface area (Å²) in [6.45, 7) is 0.398. The van der Waals surface area contributed by atoms with Crippen LogP contribution in [0.5, 0.6) is 11.5 Å². The molecule has 0 aromatic heterocycles. The molecule has 4 heterocycles. The van der Waals surface area contributed by atoms with Crippen molar-refractivity contribution >= 4 is 39.3 Å². The zero-order chi connectivity index (χ0) is 33.7. The van der Waals surface area contributed by atoms with Crippen molar-refractivity contribution in [3.05, 3.63) is 53.1 Å². The molecule has 3 saturated heterocycles. The zero-order valence-corrected chi connectivity index (χ0v) is 26.7. The van der Waals surface area contributed by atoms with Crippen molar-refractivity contribution in [3.63, 3.8) is 0 Å². The molecular formula is C29H32ClF3N6O7S. The fourth-order valence-electron chi connectivity index (χ4n) is 6.31. The van der Waals surface area contributed by atoms with E-state index in [1.807, 2.05) is 16.8 Å². The maximum atomic E-state index is 14.4. The molecule has 3 amide bonds. The summed E-state index contributed by atoms with van der Waals surface area (Å²) in [4.78, 5) is 46.2.